The van der Waals surface area contributed by atoms with E-state index in [1.54, 1.807) is 30.5 Å². The van der Waals surface area contributed by atoms with Gasteiger partial charge >= 0.3 is 0 Å². The van der Waals surface area contributed by atoms with Crippen LogP contribution >= 0.6 is 11.3 Å². The molecule has 0 aliphatic carbocycles. The molecule has 1 aliphatic heterocycles. The number of aryl methyl sites for hydroxylation is 1. The molecule has 1 aliphatic rings. The molecule has 24 heavy (non-hydrogen) atoms. The molecule has 1 N–H and O–H groups in total. The average Bonchev–Trinajstić information content (AvgIpc) is 2.99. The van der Waals surface area contributed by atoms with Crippen LogP contribution in [0.3, 0.4) is 0 Å². The van der Waals surface area contributed by atoms with Gasteiger partial charge in [-0.3, -0.25) is 4.79 Å². The number of hydrogen-bond acceptors (Lipinski definition) is 4. The lowest BCUT2D eigenvalue weighted by atomic mass is 10.0. The summed E-state index contributed by atoms with van der Waals surface area (Å²) in [5.41, 5.74) is 1.86. The van der Waals surface area contributed by atoms with E-state index in [0.717, 1.165) is 5.56 Å². The van der Waals surface area contributed by atoms with Gasteiger partial charge in [-0.25, -0.2) is 12.8 Å². The summed E-state index contributed by atoms with van der Waals surface area (Å²) in [5.74, 6) is -0.722. The highest BCUT2D eigenvalue weighted by molar-refractivity contribution is 7.94. The van der Waals surface area contributed by atoms with E-state index in [1.807, 2.05) is 6.92 Å². The molecule has 0 radical (unpaired) electrons. The molecule has 1 aromatic heterocycles. The highest BCUT2D eigenvalue weighted by atomic mass is 32.2. The molecule has 7 heteroatoms. The lowest BCUT2D eigenvalue weighted by molar-refractivity contribution is -0.121. The topological polar surface area (TPSA) is 63.2 Å². The molecule has 0 bridgehead atoms. The fourth-order valence-corrected chi connectivity index (χ4v) is 6.19. The molecule has 1 amide bonds. The van der Waals surface area contributed by atoms with Crippen molar-refractivity contribution in [1.82, 2.24) is 5.32 Å². The van der Waals surface area contributed by atoms with E-state index in [9.17, 15) is 17.6 Å². The summed E-state index contributed by atoms with van der Waals surface area (Å²) in [7, 11) is -3.31. The number of hydrogen-bond donors (Lipinski definition) is 1. The van der Waals surface area contributed by atoms with E-state index in [-0.39, 0.29) is 18.4 Å². The summed E-state index contributed by atoms with van der Waals surface area (Å²) in [6.45, 7) is 3.49. The number of carbonyl (C=O) groups is 1. The first-order valence-corrected chi connectivity index (χ1v) is 10.1. The van der Waals surface area contributed by atoms with Crippen molar-refractivity contribution in [1.29, 1.82) is 0 Å². The van der Waals surface area contributed by atoms with Crippen LogP contribution in [0.15, 0.2) is 33.9 Å². The Balaban J connectivity index is 1.79. The zero-order valence-corrected chi connectivity index (χ0v) is 15.0. The smallest absolute Gasteiger partial charge is 0.225 e. The SMILES string of the molecule is Cc1ccc(F)c(CC(=O)N[C@H]2C[C@H](C)S(=O)(=O)c3sccc32)c1. The van der Waals surface area contributed by atoms with Gasteiger partial charge in [-0.2, -0.15) is 0 Å². The Hall–Kier alpha value is -1.73. The predicted molar refractivity (Wildman–Crippen MR) is 91.3 cm³/mol. The number of rotatable bonds is 3. The van der Waals surface area contributed by atoms with Gasteiger partial charge in [0.05, 0.1) is 17.7 Å². The molecule has 1 aromatic carbocycles. The zero-order valence-electron chi connectivity index (χ0n) is 13.4. The number of carbonyl (C=O) groups excluding carboxylic acids is 1. The van der Waals surface area contributed by atoms with Crippen LogP contribution in [0, 0.1) is 12.7 Å². The third-order valence-electron chi connectivity index (χ3n) is 4.28. The predicted octanol–water partition coefficient (Wildman–Crippen LogP) is 3.16. The number of thiophene rings is 1. The molecule has 0 unspecified atom stereocenters. The van der Waals surface area contributed by atoms with Crippen LogP contribution in [0.25, 0.3) is 0 Å². The van der Waals surface area contributed by atoms with Crippen LogP contribution < -0.4 is 5.32 Å². The summed E-state index contributed by atoms with van der Waals surface area (Å²) in [6.07, 6.45) is 0.263. The number of sulfone groups is 1. The summed E-state index contributed by atoms with van der Waals surface area (Å²) in [6, 6.07) is 6.04. The highest BCUT2D eigenvalue weighted by Gasteiger charge is 2.37. The van der Waals surface area contributed by atoms with Crippen molar-refractivity contribution in [3.8, 4) is 0 Å². The first kappa shape index (κ1) is 17.1. The van der Waals surface area contributed by atoms with Gasteiger partial charge in [-0.15, -0.1) is 11.3 Å². The first-order valence-electron chi connectivity index (χ1n) is 7.64. The van der Waals surface area contributed by atoms with Gasteiger partial charge in [-0.05, 0) is 43.3 Å². The van der Waals surface area contributed by atoms with Gasteiger partial charge < -0.3 is 5.32 Å². The van der Waals surface area contributed by atoms with Crippen molar-refractivity contribution in [3.05, 3.63) is 52.2 Å². The monoisotopic (exact) mass is 367 g/mol. The Morgan fingerprint density at radius 3 is 2.88 bits per heavy atom. The minimum absolute atomic E-state index is 0.0649. The molecule has 3 rings (SSSR count). The number of nitrogens with one attached hydrogen (secondary N) is 1. The Morgan fingerprint density at radius 1 is 1.38 bits per heavy atom. The molecule has 0 saturated heterocycles. The number of fused-ring (bicyclic) bond motifs is 1. The van der Waals surface area contributed by atoms with Crippen molar-refractivity contribution >= 4 is 27.1 Å². The minimum atomic E-state index is -3.31. The lowest BCUT2D eigenvalue weighted by Crippen LogP contribution is -2.37. The van der Waals surface area contributed by atoms with Gasteiger partial charge in [0.2, 0.25) is 5.91 Å². The standard InChI is InChI=1S/C17H18FNO3S2/c1-10-3-4-14(18)12(7-10)9-16(20)19-15-8-11(2)24(21,22)17-13(15)5-6-23-17/h3-7,11,15H,8-9H2,1-2H3,(H,19,20)/t11-,15-/m0/s1. The third kappa shape index (κ3) is 3.10. The zero-order chi connectivity index (χ0) is 17.5. The minimum Gasteiger partial charge on any atom is -0.349 e. The van der Waals surface area contributed by atoms with E-state index in [1.165, 1.54) is 17.4 Å². The van der Waals surface area contributed by atoms with E-state index in [0.29, 0.717) is 21.8 Å². The molecule has 2 atom stereocenters. The van der Waals surface area contributed by atoms with Crippen LogP contribution in [0.1, 0.15) is 36.1 Å². The number of halogens is 1. The lowest BCUT2D eigenvalue weighted by Gasteiger charge is -2.28. The maximum absolute atomic E-state index is 13.8. The summed E-state index contributed by atoms with van der Waals surface area (Å²) >= 11 is 1.18. The first-order chi connectivity index (χ1) is 11.3. The maximum atomic E-state index is 13.8. The quantitative estimate of drug-likeness (QED) is 0.906. The molecule has 2 heterocycles. The largest absolute Gasteiger partial charge is 0.349 e. The van der Waals surface area contributed by atoms with Crippen molar-refractivity contribution in [2.75, 3.05) is 0 Å². The fraction of sp³-hybridized carbons (Fsp3) is 0.353. The molecular weight excluding hydrogens is 349 g/mol. The number of benzene rings is 1. The normalized spacial score (nSPS) is 22.0. The third-order valence-corrected chi connectivity index (χ3v) is 7.99. The fourth-order valence-electron chi connectivity index (χ4n) is 2.96. The molecule has 2 aromatic rings. The van der Waals surface area contributed by atoms with Crippen molar-refractivity contribution < 1.29 is 17.6 Å². The van der Waals surface area contributed by atoms with Crippen LogP contribution in [-0.4, -0.2) is 19.6 Å². The molecular formula is C17H18FNO3S2. The Bertz CT molecular complexity index is 889. The van der Waals surface area contributed by atoms with Crippen molar-refractivity contribution in [3.63, 3.8) is 0 Å². The van der Waals surface area contributed by atoms with Crippen LogP contribution in [0.4, 0.5) is 4.39 Å². The molecule has 128 valence electrons. The Labute approximate surface area is 144 Å². The van der Waals surface area contributed by atoms with E-state index >= 15 is 0 Å². The van der Waals surface area contributed by atoms with Crippen LogP contribution in [0.5, 0.6) is 0 Å². The Kier molecular flexibility index (Phi) is 4.48. The second kappa shape index (κ2) is 6.29. The van der Waals surface area contributed by atoms with Crippen molar-refractivity contribution in [2.24, 2.45) is 0 Å². The molecule has 0 fully saturated rings. The van der Waals surface area contributed by atoms with Gasteiger partial charge in [0, 0.05) is 5.56 Å². The summed E-state index contributed by atoms with van der Waals surface area (Å²) in [4.78, 5) is 12.3. The van der Waals surface area contributed by atoms with Gasteiger partial charge in [-0.1, -0.05) is 17.7 Å². The van der Waals surface area contributed by atoms with E-state index in [4.69, 9.17) is 0 Å². The van der Waals surface area contributed by atoms with E-state index in [2.05, 4.69) is 5.32 Å². The molecule has 0 spiro atoms. The summed E-state index contributed by atoms with van der Waals surface area (Å²) < 4.78 is 38.8. The van der Waals surface area contributed by atoms with Crippen molar-refractivity contribution in [2.45, 2.75) is 42.2 Å². The van der Waals surface area contributed by atoms with Crippen LogP contribution in [-0.2, 0) is 21.1 Å². The highest BCUT2D eigenvalue weighted by Crippen LogP contribution is 2.39. The number of amides is 1. The maximum Gasteiger partial charge on any atom is 0.225 e. The van der Waals surface area contributed by atoms with E-state index < -0.39 is 20.9 Å². The second-order valence-corrected chi connectivity index (χ2v) is 9.62. The molecule has 4 nitrogen and oxygen atoms in total. The second-order valence-electron chi connectivity index (χ2n) is 6.15. The summed E-state index contributed by atoms with van der Waals surface area (Å²) in [5, 5.41) is 4.03. The average molecular weight is 367 g/mol. The van der Waals surface area contributed by atoms with Gasteiger partial charge in [0.25, 0.3) is 0 Å². The van der Waals surface area contributed by atoms with Crippen LogP contribution in [0.2, 0.25) is 0 Å². The van der Waals surface area contributed by atoms with Gasteiger partial charge in [0.15, 0.2) is 9.84 Å². The van der Waals surface area contributed by atoms with Gasteiger partial charge in [0.1, 0.15) is 10.0 Å². The molecule has 0 saturated carbocycles. The Morgan fingerprint density at radius 2 is 2.12 bits per heavy atom.